The highest BCUT2D eigenvalue weighted by molar-refractivity contribution is 5.98. The number of nitrogens with two attached hydrogens (primary N) is 1. The van der Waals surface area contributed by atoms with Crippen molar-refractivity contribution in [1.29, 1.82) is 0 Å². The van der Waals surface area contributed by atoms with Crippen molar-refractivity contribution in [2.45, 2.75) is 19.2 Å². The number of anilines is 1. The lowest BCUT2D eigenvalue weighted by molar-refractivity contribution is 0.0344. The van der Waals surface area contributed by atoms with E-state index in [1.807, 2.05) is 12.1 Å². The van der Waals surface area contributed by atoms with E-state index >= 15 is 4.39 Å². The number of hydrogen-bond acceptors (Lipinski definition) is 6. The Balaban J connectivity index is 1.34. The molecule has 2 aromatic carbocycles. The maximum absolute atomic E-state index is 15.1. The van der Waals surface area contributed by atoms with Gasteiger partial charge >= 0.3 is 6.55 Å². The highest BCUT2D eigenvalue weighted by atomic mass is 19.3. The number of carbonyl (C=O) groups excluding carboxylic acids is 1. The minimum Gasteiger partial charge on any atom is -0.382 e. The van der Waals surface area contributed by atoms with Crippen LogP contribution in [0.25, 0.3) is 27.7 Å². The number of alkyl halides is 2. The fourth-order valence-corrected chi connectivity index (χ4v) is 4.71. The van der Waals surface area contributed by atoms with Gasteiger partial charge in [-0.1, -0.05) is 12.1 Å². The Kier molecular flexibility index (Phi) is 5.33. The molecule has 12 heteroatoms. The van der Waals surface area contributed by atoms with Gasteiger partial charge in [-0.05, 0) is 28.8 Å². The quantitative estimate of drug-likeness (QED) is 0.391. The number of ether oxygens (including phenoxy) is 1. The zero-order chi connectivity index (χ0) is 25.8. The van der Waals surface area contributed by atoms with Crippen LogP contribution in [-0.4, -0.2) is 48.6 Å². The molecular formula is C25H20F3N7O2. The summed E-state index contributed by atoms with van der Waals surface area (Å²) in [7, 11) is 1.59. The van der Waals surface area contributed by atoms with Crippen molar-refractivity contribution in [3.8, 4) is 11.1 Å². The zero-order valence-electron chi connectivity index (χ0n) is 19.5. The number of aromatic nitrogens is 5. The van der Waals surface area contributed by atoms with Gasteiger partial charge in [0.1, 0.15) is 17.2 Å². The number of rotatable bonds is 4. The predicted molar refractivity (Wildman–Crippen MR) is 128 cm³/mol. The first-order valence-corrected chi connectivity index (χ1v) is 11.3. The van der Waals surface area contributed by atoms with E-state index in [9.17, 15) is 13.6 Å². The van der Waals surface area contributed by atoms with Gasteiger partial charge in [-0.15, -0.1) is 0 Å². The maximum Gasteiger partial charge on any atom is 0.333 e. The number of amides is 1. The normalized spacial score (nSPS) is 15.4. The Hall–Kier alpha value is -4.45. The topological polar surface area (TPSA) is 104 Å². The van der Waals surface area contributed by atoms with E-state index in [1.165, 1.54) is 35.8 Å². The van der Waals surface area contributed by atoms with Crippen LogP contribution >= 0.6 is 0 Å². The number of likely N-dealkylation sites (N-methyl/N-ethyl adjacent to an activating group) is 1. The molecule has 0 spiro atoms. The summed E-state index contributed by atoms with van der Waals surface area (Å²) in [5.41, 5.74) is 10.0. The Labute approximate surface area is 207 Å². The molecule has 1 aliphatic rings. The first kappa shape index (κ1) is 23.0. The van der Waals surface area contributed by atoms with Crippen molar-refractivity contribution in [1.82, 2.24) is 29.0 Å². The molecule has 6 rings (SSSR count). The monoisotopic (exact) mass is 507 g/mol. The molecule has 188 valence electrons. The minimum absolute atomic E-state index is 0.125. The van der Waals surface area contributed by atoms with Crippen LogP contribution < -0.4 is 5.73 Å². The fourth-order valence-electron chi connectivity index (χ4n) is 4.71. The standard InChI is InChI=1S/C25H20F3N7O2/c1-33(24(36)17-5-20-19(6-18(17)26)32-23(29)21-8-30-12-34(20)21)22-11-37-10-14-4-13(2-3-16(14)22)15-7-31-35(9-15)25(27)28/h2-9,12,22,25H,10-11H2,1H3,(H2,29,32)/t22-/m1/s1. The van der Waals surface area contributed by atoms with E-state index in [0.717, 1.165) is 11.1 Å². The van der Waals surface area contributed by atoms with Gasteiger partial charge in [0.05, 0.1) is 54.6 Å². The average Bonchev–Trinajstić information content (AvgIpc) is 3.58. The first-order valence-electron chi connectivity index (χ1n) is 11.3. The molecule has 3 aromatic heterocycles. The van der Waals surface area contributed by atoms with Gasteiger partial charge < -0.3 is 15.4 Å². The molecule has 0 unspecified atom stereocenters. The molecule has 1 atom stereocenters. The highest BCUT2D eigenvalue weighted by Crippen LogP contribution is 2.34. The van der Waals surface area contributed by atoms with Crippen LogP contribution in [-0.2, 0) is 11.3 Å². The predicted octanol–water partition coefficient (Wildman–Crippen LogP) is 4.21. The van der Waals surface area contributed by atoms with Gasteiger partial charge in [0, 0.05) is 24.9 Å². The number of imidazole rings is 1. The van der Waals surface area contributed by atoms with Crippen molar-refractivity contribution in [3.63, 3.8) is 0 Å². The third-order valence-corrected chi connectivity index (χ3v) is 6.65. The second-order valence-corrected chi connectivity index (χ2v) is 8.81. The van der Waals surface area contributed by atoms with Crippen LogP contribution in [0.15, 0.2) is 55.2 Å². The van der Waals surface area contributed by atoms with Crippen LogP contribution in [0.1, 0.15) is 34.1 Å². The first-order chi connectivity index (χ1) is 17.8. The molecule has 0 fully saturated rings. The summed E-state index contributed by atoms with van der Waals surface area (Å²) in [5.74, 6) is -1.05. The molecule has 4 heterocycles. The van der Waals surface area contributed by atoms with E-state index < -0.39 is 24.3 Å². The molecule has 2 N–H and O–H groups in total. The van der Waals surface area contributed by atoms with Crippen molar-refractivity contribution in [2.24, 2.45) is 0 Å². The fraction of sp³-hybridized carbons (Fsp3) is 0.200. The number of fused-ring (bicyclic) bond motifs is 4. The van der Waals surface area contributed by atoms with E-state index in [-0.39, 0.29) is 18.0 Å². The number of nitrogens with zero attached hydrogens (tertiary/aromatic N) is 6. The number of carbonyl (C=O) groups is 1. The van der Waals surface area contributed by atoms with Crippen molar-refractivity contribution >= 4 is 28.3 Å². The van der Waals surface area contributed by atoms with Gasteiger partial charge in [0.2, 0.25) is 0 Å². The Morgan fingerprint density at radius 2 is 2.03 bits per heavy atom. The largest absolute Gasteiger partial charge is 0.382 e. The zero-order valence-corrected chi connectivity index (χ0v) is 19.5. The Bertz CT molecular complexity index is 1680. The van der Waals surface area contributed by atoms with Crippen LogP contribution in [0.2, 0.25) is 0 Å². The van der Waals surface area contributed by atoms with E-state index in [0.29, 0.717) is 39.0 Å². The number of hydrogen-bond donors (Lipinski definition) is 1. The van der Waals surface area contributed by atoms with Crippen molar-refractivity contribution in [3.05, 3.63) is 77.8 Å². The average molecular weight is 507 g/mol. The third kappa shape index (κ3) is 3.76. The van der Waals surface area contributed by atoms with Crippen LogP contribution in [0.5, 0.6) is 0 Å². The molecular weight excluding hydrogens is 487 g/mol. The molecule has 37 heavy (non-hydrogen) atoms. The van der Waals surface area contributed by atoms with Crippen molar-refractivity contribution < 1.29 is 22.7 Å². The molecule has 0 radical (unpaired) electrons. The van der Waals surface area contributed by atoms with Gasteiger partial charge in [-0.25, -0.2) is 19.0 Å². The van der Waals surface area contributed by atoms with E-state index in [4.69, 9.17) is 10.5 Å². The molecule has 5 aromatic rings. The molecule has 0 bridgehead atoms. The molecule has 1 aliphatic heterocycles. The summed E-state index contributed by atoms with van der Waals surface area (Å²) < 4.78 is 48.9. The molecule has 0 saturated carbocycles. The number of halogens is 3. The van der Waals surface area contributed by atoms with Gasteiger partial charge in [-0.3, -0.25) is 9.20 Å². The van der Waals surface area contributed by atoms with Gasteiger partial charge in [-0.2, -0.15) is 13.9 Å². The van der Waals surface area contributed by atoms with Gasteiger partial charge in [0.25, 0.3) is 5.91 Å². The summed E-state index contributed by atoms with van der Waals surface area (Å²) in [5, 5.41) is 3.68. The van der Waals surface area contributed by atoms with Crippen LogP contribution in [0, 0.1) is 5.82 Å². The lowest BCUT2D eigenvalue weighted by atomic mass is 9.94. The third-order valence-electron chi connectivity index (χ3n) is 6.65. The molecule has 9 nitrogen and oxygen atoms in total. The van der Waals surface area contributed by atoms with E-state index in [2.05, 4.69) is 15.1 Å². The maximum atomic E-state index is 15.1. The molecule has 0 aliphatic carbocycles. The molecule has 0 saturated heterocycles. The van der Waals surface area contributed by atoms with Crippen molar-refractivity contribution in [2.75, 3.05) is 19.4 Å². The summed E-state index contributed by atoms with van der Waals surface area (Å²) in [6.07, 6.45) is 5.71. The SMILES string of the molecule is CN(C(=O)c1cc2c(cc1F)nc(N)c1cncn12)[C@@H]1COCc2cc(-c3cnn(C(F)F)c3)ccc21. The lowest BCUT2D eigenvalue weighted by Crippen LogP contribution is -2.36. The number of benzene rings is 2. The summed E-state index contributed by atoms with van der Waals surface area (Å²) >= 11 is 0. The molecule has 1 amide bonds. The van der Waals surface area contributed by atoms with Gasteiger partial charge in [0.15, 0.2) is 0 Å². The Morgan fingerprint density at radius 3 is 2.81 bits per heavy atom. The minimum atomic E-state index is -2.73. The van der Waals surface area contributed by atoms with E-state index in [1.54, 1.807) is 23.7 Å². The van der Waals surface area contributed by atoms with Crippen LogP contribution in [0.3, 0.4) is 0 Å². The summed E-state index contributed by atoms with van der Waals surface area (Å²) in [4.78, 5) is 23.2. The second kappa shape index (κ2) is 8.59. The summed E-state index contributed by atoms with van der Waals surface area (Å²) in [6, 6.07) is 7.59. The second-order valence-electron chi connectivity index (χ2n) is 8.81. The number of nitrogen functional groups attached to an aromatic ring is 1. The Morgan fingerprint density at radius 1 is 1.19 bits per heavy atom. The lowest BCUT2D eigenvalue weighted by Gasteiger charge is -2.33. The highest BCUT2D eigenvalue weighted by Gasteiger charge is 2.30. The summed E-state index contributed by atoms with van der Waals surface area (Å²) in [6.45, 7) is -2.22. The smallest absolute Gasteiger partial charge is 0.333 e. The van der Waals surface area contributed by atoms with Crippen LogP contribution in [0.4, 0.5) is 19.0 Å².